The number of hydrogen-bond donors (Lipinski definition) is 1. The Balaban J connectivity index is 2.03. The maximum atomic E-state index is 12.8. The van der Waals surface area contributed by atoms with Gasteiger partial charge in [-0.05, 0) is 36.2 Å². The molecular formula is C15H13FN4. The number of amidine groups is 1. The highest BCUT2D eigenvalue weighted by Crippen LogP contribution is 2.04. The quantitative estimate of drug-likeness (QED) is 0.400. The van der Waals surface area contributed by atoms with Gasteiger partial charge in [-0.2, -0.15) is 5.26 Å². The lowest BCUT2D eigenvalue weighted by Crippen LogP contribution is -2.20. The molecule has 5 heteroatoms. The van der Waals surface area contributed by atoms with Gasteiger partial charge in [0.15, 0.2) is 6.19 Å². The molecule has 0 aliphatic rings. The molecule has 1 N–H and O–H groups in total. The molecule has 4 nitrogen and oxygen atoms in total. The number of hydrogen-bond acceptors (Lipinski definition) is 3. The van der Waals surface area contributed by atoms with Gasteiger partial charge in [0.25, 0.3) is 0 Å². The Morgan fingerprint density at radius 1 is 1.30 bits per heavy atom. The van der Waals surface area contributed by atoms with Gasteiger partial charge >= 0.3 is 0 Å². The van der Waals surface area contributed by atoms with E-state index in [1.165, 1.54) is 12.1 Å². The SMILES string of the molecule is N#CNC(=NCCc1ccc(F)cc1)c1cccnc1. The zero-order valence-electron chi connectivity index (χ0n) is 10.8. The lowest BCUT2D eigenvalue weighted by molar-refractivity contribution is 0.627. The van der Waals surface area contributed by atoms with Crippen molar-refractivity contribution >= 4 is 5.84 Å². The molecule has 0 fully saturated rings. The van der Waals surface area contributed by atoms with Crippen LogP contribution in [0.3, 0.4) is 0 Å². The smallest absolute Gasteiger partial charge is 0.182 e. The van der Waals surface area contributed by atoms with Crippen molar-refractivity contribution in [3.8, 4) is 6.19 Å². The fraction of sp³-hybridized carbons (Fsp3) is 0.133. The van der Waals surface area contributed by atoms with Crippen LogP contribution < -0.4 is 5.32 Å². The van der Waals surface area contributed by atoms with Crippen molar-refractivity contribution in [3.63, 3.8) is 0 Å². The van der Waals surface area contributed by atoms with Gasteiger partial charge in [-0.1, -0.05) is 12.1 Å². The number of pyridine rings is 1. The predicted octanol–water partition coefficient (Wildman–Crippen LogP) is 2.28. The maximum absolute atomic E-state index is 12.8. The first-order chi connectivity index (χ1) is 9.79. The van der Waals surface area contributed by atoms with E-state index in [2.05, 4.69) is 15.3 Å². The molecule has 1 aromatic carbocycles. The van der Waals surface area contributed by atoms with Crippen LogP contribution in [-0.4, -0.2) is 17.4 Å². The maximum Gasteiger partial charge on any atom is 0.182 e. The molecule has 0 aliphatic carbocycles. The minimum atomic E-state index is -0.251. The molecular weight excluding hydrogens is 255 g/mol. The molecule has 20 heavy (non-hydrogen) atoms. The van der Waals surface area contributed by atoms with Gasteiger partial charge in [0.1, 0.15) is 11.7 Å². The third-order valence-corrected chi connectivity index (χ3v) is 2.69. The summed E-state index contributed by atoms with van der Waals surface area (Å²) >= 11 is 0. The van der Waals surface area contributed by atoms with E-state index in [-0.39, 0.29) is 5.82 Å². The molecule has 0 radical (unpaired) electrons. The fourth-order valence-electron chi connectivity index (χ4n) is 1.71. The van der Waals surface area contributed by atoms with Gasteiger partial charge in [0, 0.05) is 24.5 Å². The second kappa shape index (κ2) is 7.00. The Labute approximate surface area is 116 Å². The molecule has 0 saturated carbocycles. The van der Waals surface area contributed by atoms with Gasteiger partial charge in [0.2, 0.25) is 0 Å². The molecule has 1 heterocycles. The zero-order valence-corrected chi connectivity index (χ0v) is 10.8. The summed E-state index contributed by atoms with van der Waals surface area (Å²) in [7, 11) is 0. The van der Waals surface area contributed by atoms with Crippen LogP contribution in [-0.2, 0) is 6.42 Å². The van der Waals surface area contributed by atoms with Crippen LogP contribution in [0.1, 0.15) is 11.1 Å². The summed E-state index contributed by atoms with van der Waals surface area (Å²) in [6.45, 7) is 0.505. The van der Waals surface area contributed by atoms with E-state index in [0.717, 1.165) is 11.1 Å². The van der Waals surface area contributed by atoms with E-state index in [1.807, 2.05) is 12.3 Å². The third kappa shape index (κ3) is 3.89. The first-order valence-electron chi connectivity index (χ1n) is 6.14. The first kappa shape index (κ1) is 13.7. The summed E-state index contributed by atoms with van der Waals surface area (Å²) < 4.78 is 12.8. The van der Waals surface area contributed by atoms with Crippen LogP contribution in [0.4, 0.5) is 4.39 Å². The largest absolute Gasteiger partial charge is 0.277 e. The van der Waals surface area contributed by atoms with Crippen molar-refractivity contribution in [2.45, 2.75) is 6.42 Å². The second-order valence-electron chi connectivity index (χ2n) is 4.09. The molecule has 0 atom stereocenters. The Bertz CT molecular complexity index is 615. The van der Waals surface area contributed by atoms with Crippen LogP contribution >= 0.6 is 0 Å². The summed E-state index contributed by atoms with van der Waals surface area (Å²) in [5, 5.41) is 11.3. The summed E-state index contributed by atoms with van der Waals surface area (Å²) in [4.78, 5) is 8.34. The standard InChI is InChI=1S/C15H13FN4/c16-14-5-3-12(4-6-14)7-9-19-15(20-11-17)13-2-1-8-18-10-13/h1-6,8,10H,7,9H2,(H,19,20). The van der Waals surface area contributed by atoms with Crippen LogP contribution in [0.15, 0.2) is 53.8 Å². The van der Waals surface area contributed by atoms with Crippen molar-refractivity contribution in [3.05, 3.63) is 65.7 Å². The molecule has 0 unspecified atom stereocenters. The Morgan fingerprint density at radius 3 is 2.75 bits per heavy atom. The highest BCUT2D eigenvalue weighted by Gasteiger charge is 2.02. The van der Waals surface area contributed by atoms with Crippen molar-refractivity contribution in [1.82, 2.24) is 10.3 Å². The van der Waals surface area contributed by atoms with Crippen molar-refractivity contribution in [1.29, 1.82) is 5.26 Å². The highest BCUT2D eigenvalue weighted by atomic mass is 19.1. The lowest BCUT2D eigenvalue weighted by Gasteiger charge is -2.04. The number of aromatic nitrogens is 1. The molecule has 0 spiro atoms. The van der Waals surface area contributed by atoms with Gasteiger partial charge < -0.3 is 0 Å². The summed E-state index contributed by atoms with van der Waals surface area (Å²) in [6.07, 6.45) is 5.84. The highest BCUT2D eigenvalue weighted by molar-refractivity contribution is 5.99. The molecule has 0 amide bonds. The average molecular weight is 268 g/mol. The van der Waals surface area contributed by atoms with E-state index < -0.39 is 0 Å². The van der Waals surface area contributed by atoms with E-state index in [9.17, 15) is 4.39 Å². The number of rotatable bonds is 4. The number of benzene rings is 1. The Hall–Kier alpha value is -2.74. The molecule has 0 saturated heterocycles. The van der Waals surface area contributed by atoms with Gasteiger partial charge in [-0.3, -0.25) is 15.3 Å². The minimum Gasteiger partial charge on any atom is -0.277 e. The number of halogens is 1. The number of nitrogens with zero attached hydrogens (tertiary/aromatic N) is 3. The molecule has 0 bridgehead atoms. The summed E-state index contributed by atoms with van der Waals surface area (Å²) in [5.41, 5.74) is 1.76. The summed E-state index contributed by atoms with van der Waals surface area (Å²) in [5.74, 6) is 0.238. The topological polar surface area (TPSA) is 61.1 Å². The van der Waals surface area contributed by atoms with Crippen molar-refractivity contribution in [2.75, 3.05) is 6.54 Å². The monoisotopic (exact) mass is 268 g/mol. The van der Waals surface area contributed by atoms with Gasteiger partial charge in [-0.15, -0.1) is 0 Å². The fourth-order valence-corrected chi connectivity index (χ4v) is 1.71. The number of nitrogens with one attached hydrogen (secondary N) is 1. The number of nitriles is 1. The lowest BCUT2D eigenvalue weighted by atomic mass is 10.1. The van der Waals surface area contributed by atoms with E-state index in [0.29, 0.717) is 18.8 Å². The number of aliphatic imine (C=N–C) groups is 1. The van der Waals surface area contributed by atoms with E-state index >= 15 is 0 Å². The normalized spacial score (nSPS) is 10.9. The predicted molar refractivity (Wildman–Crippen MR) is 74.5 cm³/mol. The minimum absolute atomic E-state index is 0.251. The first-order valence-corrected chi connectivity index (χ1v) is 6.14. The van der Waals surface area contributed by atoms with Gasteiger partial charge in [0.05, 0.1) is 0 Å². The molecule has 2 aromatic rings. The van der Waals surface area contributed by atoms with Crippen LogP contribution in [0, 0.1) is 17.3 Å². The zero-order chi connectivity index (χ0) is 14.2. The Kier molecular flexibility index (Phi) is 4.79. The second-order valence-corrected chi connectivity index (χ2v) is 4.09. The Morgan fingerprint density at radius 2 is 2.10 bits per heavy atom. The van der Waals surface area contributed by atoms with Crippen molar-refractivity contribution in [2.24, 2.45) is 4.99 Å². The van der Waals surface area contributed by atoms with Crippen LogP contribution in [0.25, 0.3) is 0 Å². The van der Waals surface area contributed by atoms with E-state index in [4.69, 9.17) is 5.26 Å². The summed E-state index contributed by atoms with van der Waals surface area (Å²) in [6, 6.07) is 9.92. The van der Waals surface area contributed by atoms with Crippen LogP contribution in [0.5, 0.6) is 0 Å². The van der Waals surface area contributed by atoms with Crippen LogP contribution in [0.2, 0.25) is 0 Å². The molecule has 2 rings (SSSR count). The molecule has 1 aromatic heterocycles. The molecule has 100 valence electrons. The third-order valence-electron chi connectivity index (χ3n) is 2.69. The van der Waals surface area contributed by atoms with E-state index in [1.54, 1.807) is 30.6 Å². The average Bonchev–Trinajstić information content (AvgIpc) is 2.49. The molecule has 0 aliphatic heterocycles. The van der Waals surface area contributed by atoms with Crippen molar-refractivity contribution < 1.29 is 4.39 Å². The van der Waals surface area contributed by atoms with Gasteiger partial charge in [-0.25, -0.2) is 4.39 Å².